The van der Waals surface area contributed by atoms with E-state index in [1.54, 1.807) is 6.07 Å². The average Bonchev–Trinajstić information content (AvgIpc) is 3.21. The Balaban J connectivity index is 2.22. The molecular formula is C14H19NO4S. The van der Waals surface area contributed by atoms with E-state index in [1.165, 1.54) is 25.0 Å². The van der Waals surface area contributed by atoms with E-state index in [0.29, 0.717) is 24.4 Å². The lowest BCUT2D eigenvalue weighted by Gasteiger charge is -2.11. The summed E-state index contributed by atoms with van der Waals surface area (Å²) in [4.78, 5) is 11.1. The number of nitrogens with one attached hydrogen (secondary N) is 1. The Morgan fingerprint density at radius 3 is 2.65 bits per heavy atom. The topological polar surface area (TPSA) is 83.5 Å². The largest absolute Gasteiger partial charge is 0.478 e. The van der Waals surface area contributed by atoms with Gasteiger partial charge in [-0.1, -0.05) is 25.8 Å². The zero-order valence-corrected chi connectivity index (χ0v) is 12.2. The Labute approximate surface area is 119 Å². The lowest BCUT2D eigenvalue weighted by Crippen LogP contribution is -2.26. The number of sulfonamides is 1. The van der Waals surface area contributed by atoms with Crippen LogP contribution in [0.2, 0.25) is 0 Å². The van der Waals surface area contributed by atoms with Crippen molar-refractivity contribution in [2.45, 2.75) is 37.5 Å². The van der Waals surface area contributed by atoms with E-state index in [0.717, 1.165) is 6.42 Å². The summed E-state index contributed by atoms with van der Waals surface area (Å²) in [5.41, 5.74) is 0.624. The van der Waals surface area contributed by atoms with Crippen molar-refractivity contribution in [2.75, 3.05) is 6.54 Å². The van der Waals surface area contributed by atoms with E-state index in [2.05, 4.69) is 4.72 Å². The smallest absolute Gasteiger partial charge is 0.335 e. The molecule has 5 nitrogen and oxygen atoms in total. The Morgan fingerprint density at radius 2 is 2.10 bits per heavy atom. The van der Waals surface area contributed by atoms with Crippen molar-refractivity contribution in [1.82, 2.24) is 4.72 Å². The number of carboxylic acid groups (broad SMARTS) is 1. The number of aryl methyl sites for hydroxylation is 1. The van der Waals surface area contributed by atoms with Crippen molar-refractivity contribution < 1.29 is 18.3 Å². The summed E-state index contributed by atoms with van der Waals surface area (Å²) in [6.45, 7) is 2.26. The van der Waals surface area contributed by atoms with Gasteiger partial charge in [0, 0.05) is 6.54 Å². The second-order valence-corrected chi connectivity index (χ2v) is 6.85. The minimum absolute atomic E-state index is 0.00947. The first-order valence-corrected chi connectivity index (χ1v) is 8.28. The summed E-state index contributed by atoms with van der Waals surface area (Å²) in [6, 6.07) is 4.24. The lowest BCUT2D eigenvalue weighted by molar-refractivity contribution is 0.0696. The normalized spacial score (nSPS) is 15.2. The van der Waals surface area contributed by atoms with Gasteiger partial charge in [-0.3, -0.25) is 0 Å². The van der Waals surface area contributed by atoms with E-state index >= 15 is 0 Å². The lowest BCUT2D eigenvalue weighted by atomic mass is 10.1. The van der Waals surface area contributed by atoms with Gasteiger partial charge in [0.1, 0.15) is 0 Å². The van der Waals surface area contributed by atoms with Gasteiger partial charge in [0.25, 0.3) is 0 Å². The van der Waals surface area contributed by atoms with Crippen molar-refractivity contribution >= 4 is 16.0 Å². The monoisotopic (exact) mass is 297 g/mol. The molecule has 2 rings (SSSR count). The van der Waals surface area contributed by atoms with Crippen LogP contribution in [0.5, 0.6) is 0 Å². The van der Waals surface area contributed by atoms with E-state index in [1.807, 2.05) is 6.92 Å². The average molecular weight is 297 g/mol. The fraction of sp³-hybridized carbons (Fsp3) is 0.500. The molecule has 0 heterocycles. The summed E-state index contributed by atoms with van der Waals surface area (Å²) in [5, 5.41) is 8.98. The van der Waals surface area contributed by atoms with Crippen LogP contribution in [0.15, 0.2) is 23.1 Å². The SMILES string of the molecule is CCc1ccc(C(=O)O)cc1S(=O)(=O)NCCC1CC1. The third kappa shape index (κ3) is 3.58. The van der Waals surface area contributed by atoms with Gasteiger partial charge in [0.15, 0.2) is 0 Å². The molecule has 1 aromatic rings. The number of rotatable bonds is 7. The molecule has 20 heavy (non-hydrogen) atoms. The molecule has 0 spiro atoms. The van der Waals surface area contributed by atoms with Crippen molar-refractivity contribution in [2.24, 2.45) is 5.92 Å². The molecule has 0 unspecified atom stereocenters. The van der Waals surface area contributed by atoms with Gasteiger partial charge in [-0.05, 0) is 36.5 Å². The highest BCUT2D eigenvalue weighted by molar-refractivity contribution is 7.89. The molecule has 1 fully saturated rings. The van der Waals surface area contributed by atoms with E-state index in [4.69, 9.17) is 5.11 Å². The van der Waals surface area contributed by atoms with Crippen LogP contribution in [-0.2, 0) is 16.4 Å². The van der Waals surface area contributed by atoms with Crippen LogP contribution in [0.1, 0.15) is 42.1 Å². The maximum Gasteiger partial charge on any atom is 0.335 e. The predicted octanol–water partition coefficient (Wildman–Crippen LogP) is 2.03. The minimum atomic E-state index is -3.64. The molecule has 0 amide bonds. The molecule has 1 saturated carbocycles. The molecular weight excluding hydrogens is 278 g/mol. The van der Waals surface area contributed by atoms with E-state index < -0.39 is 16.0 Å². The molecule has 0 radical (unpaired) electrons. The van der Waals surface area contributed by atoms with Gasteiger partial charge in [-0.25, -0.2) is 17.9 Å². The predicted molar refractivity (Wildman–Crippen MR) is 75.3 cm³/mol. The van der Waals surface area contributed by atoms with Crippen LogP contribution in [-0.4, -0.2) is 26.0 Å². The third-order valence-corrected chi connectivity index (χ3v) is 5.07. The fourth-order valence-corrected chi connectivity index (χ4v) is 3.49. The number of carboxylic acids is 1. The van der Waals surface area contributed by atoms with Crippen LogP contribution >= 0.6 is 0 Å². The summed E-state index contributed by atoms with van der Waals surface area (Å²) in [5.74, 6) is -0.476. The highest BCUT2D eigenvalue weighted by Gasteiger charge is 2.23. The Kier molecular flexibility index (Phi) is 4.45. The molecule has 2 N–H and O–H groups in total. The second-order valence-electron chi connectivity index (χ2n) is 5.11. The van der Waals surface area contributed by atoms with Gasteiger partial charge in [-0.15, -0.1) is 0 Å². The first-order chi connectivity index (χ1) is 9.44. The molecule has 0 saturated heterocycles. The zero-order chi connectivity index (χ0) is 14.8. The number of aromatic carboxylic acids is 1. The van der Waals surface area contributed by atoms with E-state index in [-0.39, 0.29) is 10.5 Å². The second kappa shape index (κ2) is 5.93. The Bertz CT molecular complexity index is 606. The van der Waals surface area contributed by atoms with Crippen LogP contribution in [0.4, 0.5) is 0 Å². The minimum Gasteiger partial charge on any atom is -0.478 e. The first kappa shape index (κ1) is 15.0. The molecule has 0 bridgehead atoms. The Morgan fingerprint density at radius 1 is 1.40 bits per heavy atom. The van der Waals surface area contributed by atoms with Gasteiger partial charge >= 0.3 is 5.97 Å². The number of carbonyl (C=O) groups is 1. The molecule has 0 aliphatic heterocycles. The van der Waals surface area contributed by atoms with Gasteiger partial charge < -0.3 is 5.11 Å². The highest BCUT2D eigenvalue weighted by Crippen LogP contribution is 2.31. The standard InChI is InChI=1S/C14H19NO4S/c1-2-11-5-6-12(14(16)17)9-13(11)20(18,19)15-8-7-10-3-4-10/h5-6,9-10,15H,2-4,7-8H2,1H3,(H,16,17). The van der Waals surface area contributed by atoms with Crippen molar-refractivity contribution in [3.8, 4) is 0 Å². The van der Waals surface area contributed by atoms with E-state index in [9.17, 15) is 13.2 Å². The fourth-order valence-electron chi connectivity index (χ4n) is 2.11. The molecule has 110 valence electrons. The molecule has 1 aliphatic rings. The zero-order valence-electron chi connectivity index (χ0n) is 11.4. The third-order valence-electron chi connectivity index (χ3n) is 3.53. The highest BCUT2D eigenvalue weighted by atomic mass is 32.2. The maximum absolute atomic E-state index is 12.3. The van der Waals surface area contributed by atoms with Gasteiger partial charge in [-0.2, -0.15) is 0 Å². The van der Waals surface area contributed by atoms with Crippen LogP contribution in [0.25, 0.3) is 0 Å². The maximum atomic E-state index is 12.3. The van der Waals surface area contributed by atoms with Crippen LogP contribution in [0, 0.1) is 5.92 Å². The van der Waals surface area contributed by atoms with Crippen molar-refractivity contribution in [3.05, 3.63) is 29.3 Å². The number of hydrogen-bond donors (Lipinski definition) is 2. The van der Waals surface area contributed by atoms with Gasteiger partial charge in [0.2, 0.25) is 10.0 Å². The first-order valence-electron chi connectivity index (χ1n) is 6.80. The molecule has 0 atom stereocenters. The number of hydrogen-bond acceptors (Lipinski definition) is 3. The summed E-state index contributed by atoms with van der Waals surface area (Å²) >= 11 is 0. The molecule has 0 aromatic heterocycles. The summed E-state index contributed by atoms with van der Waals surface area (Å²) in [6.07, 6.45) is 3.74. The molecule has 6 heteroatoms. The summed E-state index contributed by atoms with van der Waals surface area (Å²) in [7, 11) is -3.64. The van der Waals surface area contributed by atoms with Gasteiger partial charge in [0.05, 0.1) is 10.5 Å². The van der Waals surface area contributed by atoms with Crippen LogP contribution < -0.4 is 4.72 Å². The van der Waals surface area contributed by atoms with Crippen molar-refractivity contribution in [1.29, 1.82) is 0 Å². The molecule has 1 aromatic carbocycles. The quantitative estimate of drug-likeness (QED) is 0.806. The van der Waals surface area contributed by atoms with Crippen LogP contribution in [0.3, 0.4) is 0 Å². The Hall–Kier alpha value is -1.40. The van der Waals surface area contributed by atoms with Crippen molar-refractivity contribution in [3.63, 3.8) is 0 Å². The molecule has 1 aliphatic carbocycles. The number of benzene rings is 1. The summed E-state index contributed by atoms with van der Waals surface area (Å²) < 4.78 is 27.1.